The van der Waals surface area contributed by atoms with Crippen LogP contribution in [0.4, 0.5) is 11.4 Å². The SMILES string of the molecule is O=C(/C=C/c1ccc(Br)s1)Nc1cccc([N+](=O)[O-])c1. The van der Waals surface area contributed by atoms with Crippen LogP contribution in [0.2, 0.25) is 0 Å². The molecular weight excluding hydrogens is 344 g/mol. The lowest BCUT2D eigenvalue weighted by atomic mass is 10.3. The van der Waals surface area contributed by atoms with Crippen LogP contribution in [0, 0.1) is 10.1 Å². The van der Waals surface area contributed by atoms with E-state index in [0.717, 1.165) is 8.66 Å². The molecule has 0 saturated carbocycles. The Morgan fingerprint density at radius 1 is 1.35 bits per heavy atom. The van der Waals surface area contributed by atoms with E-state index in [0.29, 0.717) is 5.69 Å². The Kier molecular flexibility index (Phi) is 4.65. The number of hydrogen-bond donors (Lipinski definition) is 1. The number of hydrogen-bond acceptors (Lipinski definition) is 4. The minimum Gasteiger partial charge on any atom is -0.322 e. The second-order valence-electron chi connectivity index (χ2n) is 3.77. The lowest BCUT2D eigenvalue weighted by Gasteiger charge is -2.01. The van der Waals surface area contributed by atoms with Crippen LogP contribution in [-0.2, 0) is 4.79 Å². The molecule has 20 heavy (non-hydrogen) atoms. The number of nitrogens with one attached hydrogen (secondary N) is 1. The van der Waals surface area contributed by atoms with Gasteiger partial charge in [-0.3, -0.25) is 14.9 Å². The summed E-state index contributed by atoms with van der Waals surface area (Å²) in [6.07, 6.45) is 3.07. The molecule has 1 amide bonds. The van der Waals surface area contributed by atoms with Gasteiger partial charge in [0.2, 0.25) is 5.91 Å². The van der Waals surface area contributed by atoms with Crippen LogP contribution in [0.1, 0.15) is 4.88 Å². The van der Waals surface area contributed by atoms with Crippen molar-refractivity contribution in [3.8, 4) is 0 Å². The normalized spacial score (nSPS) is 10.7. The number of nitrogens with zero attached hydrogens (tertiary/aromatic N) is 1. The number of non-ortho nitro benzene ring substituents is 1. The molecule has 5 nitrogen and oxygen atoms in total. The molecule has 1 aromatic heterocycles. The molecule has 2 rings (SSSR count). The second kappa shape index (κ2) is 6.44. The molecule has 1 N–H and O–H groups in total. The summed E-state index contributed by atoms with van der Waals surface area (Å²) in [6, 6.07) is 9.57. The molecule has 0 aliphatic carbocycles. The van der Waals surface area contributed by atoms with Crippen molar-refractivity contribution in [3.63, 3.8) is 0 Å². The van der Waals surface area contributed by atoms with Crippen LogP contribution in [-0.4, -0.2) is 10.8 Å². The Hall–Kier alpha value is -1.99. The minimum absolute atomic E-state index is 0.0611. The van der Waals surface area contributed by atoms with Gasteiger partial charge in [0.25, 0.3) is 5.69 Å². The Labute approximate surface area is 127 Å². The summed E-state index contributed by atoms with van der Waals surface area (Å²) in [5.74, 6) is -0.338. The average Bonchev–Trinajstić information content (AvgIpc) is 2.82. The van der Waals surface area contributed by atoms with Gasteiger partial charge in [-0.15, -0.1) is 11.3 Å². The maximum Gasteiger partial charge on any atom is 0.271 e. The number of anilines is 1. The summed E-state index contributed by atoms with van der Waals surface area (Å²) in [4.78, 5) is 22.8. The first kappa shape index (κ1) is 14.4. The molecule has 0 fully saturated rings. The lowest BCUT2D eigenvalue weighted by Crippen LogP contribution is -2.07. The molecule has 0 radical (unpaired) electrons. The summed E-state index contributed by atoms with van der Waals surface area (Å²) < 4.78 is 0.983. The van der Waals surface area contributed by atoms with Crippen molar-refractivity contribution in [2.24, 2.45) is 0 Å². The second-order valence-corrected chi connectivity index (χ2v) is 6.27. The van der Waals surface area contributed by atoms with Gasteiger partial charge >= 0.3 is 0 Å². The number of rotatable bonds is 4. The third kappa shape index (κ3) is 4.01. The fourth-order valence-corrected chi connectivity index (χ4v) is 2.78. The molecule has 1 aromatic carbocycles. The number of carbonyl (C=O) groups excluding carboxylic acids is 1. The molecule has 2 aromatic rings. The van der Waals surface area contributed by atoms with Crippen LogP contribution in [0.25, 0.3) is 6.08 Å². The van der Waals surface area contributed by atoms with Crippen LogP contribution < -0.4 is 5.32 Å². The highest BCUT2D eigenvalue weighted by Gasteiger charge is 2.06. The molecule has 7 heteroatoms. The van der Waals surface area contributed by atoms with Crippen molar-refractivity contribution >= 4 is 50.6 Å². The standard InChI is InChI=1S/C13H9BrN2O3S/c14-12-6-4-11(20-12)5-7-13(17)15-9-2-1-3-10(8-9)16(18)19/h1-8H,(H,15,17)/b7-5+. The van der Waals surface area contributed by atoms with Crippen molar-refractivity contribution in [1.29, 1.82) is 0 Å². The van der Waals surface area contributed by atoms with Gasteiger partial charge in [0.05, 0.1) is 8.71 Å². The number of amides is 1. The van der Waals surface area contributed by atoms with E-state index in [1.807, 2.05) is 12.1 Å². The lowest BCUT2D eigenvalue weighted by molar-refractivity contribution is -0.384. The van der Waals surface area contributed by atoms with Gasteiger partial charge in [-0.1, -0.05) is 6.07 Å². The monoisotopic (exact) mass is 352 g/mol. The van der Waals surface area contributed by atoms with Crippen LogP contribution in [0.15, 0.2) is 46.3 Å². The van der Waals surface area contributed by atoms with Crippen molar-refractivity contribution in [2.45, 2.75) is 0 Å². The quantitative estimate of drug-likeness (QED) is 0.512. The summed E-state index contributed by atoms with van der Waals surface area (Å²) in [7, 11) is 0. The first-order chi connectivity index (χ1) is 9.54. The van der Waals surface area contributed by atoms with Gasteiger partial charge in [0.15, 0.2) is 0 Å². The number of carbonyl (C=O) groups is 1. The van der Waals surface area contributed by atoms with E-state index in [1.54, 1.807) is 12.1 Å². The van der Waals surface area contributed by atoms with Gasteiger partial charge in [0.1, 0.15) is 0 Å². The van der Waals surface area contributed by atoms with Crippen LogP contribution in [0.3, 0.4) is 0 Å². The summed E-state index contributed by atoms with van der Waals surface area (Å²) in [5, 5.41) is 13.2. The Morgan fingerprint density at radius 3 is 2.80 bits per heavy atom. The van der Waals surface area contributed by atoms with E-state index in [-0.39, 0.29) is 11.6 Å². The molecular formula is C13H9BrN2O3S. The van der Waals surface area contributed by atoms with Crippen molar-refractivity contribution < 1.29 is 9.72 Å². The number of halogens is 1. The van der Waals surface area contributed by atoms with Crippen LogP contribution in [0.5, 0.6) is 0 Å². The van der Waals surface area contributed by atoms with Crippen LogP contribution >= 0.6 is 27.3 Å². The molecule has 1 heterocycles. The largest absolute Gasteiger partial charge is 0.322 e. The summed E-state index contributed by atoms with van der Waals surface area (Å²) >= 11 is 4.84. The van der Waals surface area contributed by atoms with E-state index in [2.05, 4.69) is 21.2 Å². The van der Waals surface area contributed by atoms with E-state index in [1.165, 1.54) is 35.6 Å². The summed E-state index contributed by atoms with van der Waals surface area (Å²) in [6.45, 7) is 0. The molecule has 0 unspecified atom stereocenters. The molecule has 0 spiro atoms. The minimum atomic E-state index is -0.505. The maximum absolute atomic E-state index is 11.7. The van der Waals surface area contributed by atoms with Gasteiger partial charge in [-0.25, -0.2) is 0 Å². The highest BCUT2D eigenvalue weighted by atomic mass is 79.9. The molecule has 0 saturated heterocycles. The molecule has 102 valence electrons. The third-order valence-corrected chi connectivity index (χ3v) is 3.91. The Morgan fingerprint density at radius 2 is 2.15 bits per heavy atom. The molecule has 0 aliphatic heterocycles. The van der Waals surface area contributed by atoms with E-state index in [4.69, 9.17) is 0 Å². The topological polar surface area (TPSA) is 72.2 Å². The predicted octanol–water partition coefficient (Wildman–Crippen LogP) is 4.07. The summed E-state index contributed by atoms with van der Waals surface area (Å²) in [5.41, 5.74) is 0.329. The number of nitro benzene ring substituents is 1. The van der Waals surface area contributed by atoms with Gasteiger partial charge in [0, 0.05) is 28.8 Å². The first-order valence-electron chi connectivity index (χ1n) is 5.53. The average molecular weight is 353 g/mol. The fraction of sp³-hybridized carbons (Fsp3) is 0. The number of nitro groups is 1. The predicted molar refractivity (Wildman–Crippen MR) is 82.8 cm³/mol. The molecule has 0 atom stereocenters. The fourth-order valence-electron chi connectivity index (χ4n) is 1.46. The van der Waals surface area contributed by atoms with Crippen molar-refractivity contribution in [3.05, 3.63) is 61.3 Å². The Balaban J connectivity index is 2.02. The Bertz CT molecular complexity index is 682. The van der Waals surface area contributed by atoms with Gasteiger partial charge < -0.3 is 5.32 Å². The first-order valence-corrected chi connectivity index (χ1v) is 7.14. The number of benzene rings is 1. The third-order valence-electron chi connectivity index (χ3n) is 2.32. The van der Waals surface area contributed by atoms with Gasteiger partial charge in [-0.2, -0.15) is 0 Å². The highest BCUT2D eigenvalue weighted by molar-refractivity contribution is 9.11. The molecule has 0 bridgehead atoms. The highest BCUT2D eigenvalue weighted by Crippen LogP contribution is 2.23. The number of thiophene rings is 1. The van der Waals surface area contributed by atoms with Crippen molar-refractivity contribution in [1.82, 2.24) is 0 Å². The maximum atomic E-state index is 11.7. The van der Waals surface area contributed by atoms with E-state index in [9.17, 15) is 14.9 Å². The van der Waals surface area contributed by atoms with Gasteiger partial charge in [-0.05, 0) is 40.2 Å². The smallest absolute Gasteiger partial charge is 0.271 e. The zero-order valence-electron chi connectivity index (χ0n) is 10.1. The van der Waals surface area contributed by atoms with E-state index < -0.39 is 4.92 Å². The zero-order chi connectivity index (χ0) is 14.5. The van der Waals surface area contributed by atoms with Crippen molar-refractivity contribution in [2.75, 3.05) is 5.32 Å². The zero-order valence-corrected chi connectivity index (χ0v) is 12.5. The molecule has 0 aliphatic rings. The van der Waals surface area contributed by atoms with E-state index >= 15 is 0 Å².